The number of benzene rings is 1. The van der Waals surface area contributed by atoms with Crippen LogP contribution >= 0.6 is 15.9 Å². The number of ketones is 2. The zero-order chi connectivity index (χ0) is 20.6. The third-order valence-electron chi connectivity index (χ3n) is 4.41. The predicted molar refractivity (Wildman–Crippen MR) is 103 cm³/mol. The molecule has 0 saturated heterocycles. The summed E-state index contributed by atoms with van der Waals surface area (Å²) in [4.78, 5) is 23.1. The molecule has 1 aromatic rings. The van der Waals surface area contributed by atoms with E-state index in [0.717, 1.165) is 10.0 Å². The van der Waals surface area contributed by atoms with Crippen LogP contribution in [0.4, 0.5) is 0 Å². The summed E-state index contributed by atoms with van der Waals surface area (Å²) >= 11 is 3.42. The molecule has 0 amide bonds. The maximum atomic E-state index is 11.5. The van der Waals surface area contributed by atoms with Crippen molar-refractivity contribution in [1.29, 1.82) is 0 Å². The molecule has 0 heterocycles. The van der Waals surface area contributed by atoms with E-state index < -0.39 is 5.41 Å². The monoisotopic (exact) mass is 446 g/mol. The van der Waals surface area contributed by atoms with E-state index in [0.29, 0.717) is 24.3 Å². The zero-order valence-electron chi connectivity index (χ0n) is 15.8. The number of carbonyl (C=O) groups excluding carboxylic acids is 2. The number of hydrogen-bond donors (Lipinski definition) is 3. The maximum Gasteiger partial charge on any atom is 0.174 e. The number of Topliss-reactive ketones (excluding diaryl/α,β-unsaturated/α-hetero) is 2. The Morgan fingerprint density at radius 2 is 1.56 bits per heavy atom. The Bertz CT molecular complexity index is 631. The van der Waals surface area contributed by atoms with Gasteiger partial charge < -0.3 is 24.8 Å². The van der Waals surface area contributed by atoms with E-state index in [9.17, 15) is 9.59 Å². The van der Waals surface area contributed by atoms with Gasteiger partial charge in [0.1, 0.15) is 11.6 Å². The molecule has 152 valence electrons. The third kappa shape index (κ3) is 6.57. The van der Waals surface area contributed by atoms with E-state index >= 15 is 0 Å². The zero-order valence-corrected chi connectivity index (χ0v) is 17.4. The molecule has 0 atom stereocenters. The van der Waals surface area contributed by atoms with E-state index in [1.165, 1.54) is 0 Å². The second kappa shape index (κ2) is 10.8. The lowest BCUT2D eigenvalue weighted by Crippen LogP contribution is -2.29. The van der Waals surface area contributed by atoms with Crippen LogP contribution in [0.5, 0.6) is 11.5 Å². The maximum absolute atomic E-state index is 11.5. The third-order valence-corrected chi connectivity index (χ3v) is 5.00. The highest BCUT2D eigenvalue weighted by Gasteiger charge is 2.28. The van der Waals surface area contributed by atoms with E-state index in [1.54, 1.807) is 21.1 Å². The van der Waals surface area contributed by atoms with Gasteiger partial charge in [-0.2, -0.15) is 0 Å². The lowest BCUT2D eigenvalue weighted by Gasteiger charge is -2.22. The summed E-state index contributed by atoms with van der Waals surface area (Å²) in [6.45, 7) is 1.06. The molecule has 3 N–H and O–H groups in total. The Balaban J connectivity index is 0.000000387. The SMILES string of the molecule is CC(CO)(CO)CO.COc1cc(C2CC(=O)CC(=O)C2)cc(Br)c1OC. The number of hydrogen-bond acceptors (Lipinski definition) is 7. The Morgan fingerprint density at radius 1 is 1.04 bits per heavy atom. The summed E-state index contributed by atoms with van der Waals surface area (Å²) in [5.41, 5.74) is 0.214. The molecule has 0 bridgehead atoms. The second-order valence-corrected chi connectivity index (χ2v) is 7.74. The fourth-order valence-corrected chi connectivity index (χ4v) is 3.17. The van der Waals surface area contributed by atoms with Crippen LogP contribution in [0.3, 0.4) is 0 Å². The first kappa shape index (κ1) is 23.6. The lowest BCUT2D eigenvalue weighted by molar-refractivity contribution is -0.130. The Hall–Kier alpha value is -1.48. The number of aliphatic hydroxyl groups excluding tert-OH is 3. The summed E-state index contributed by atoms with van der Waals surface area (Å²) in [5.74, 6) is 1.15. The quantitative estimate of drug-likeness (QED) is 0.571. The average Bonchev–Trinajstić information content (AvgIpc) is 2.66. The molecule has 0 spiro atoms. The molecular weight excluding hydrogens is 420 g/mol. The smallest absolute Gasteiger partial charge is 0.174 e. The van der Waals surface area contributed by atoms with Crippen molar-refractivity contribution in [2.75, 3.05) is 34.0 Å². The van der Waals surface area contributed by atoms with Gasteiger partial charge in [0.15, 0.2) is 11.5 Å². The standard InChI is InChI=1S/C14H15BrO4.C5H12O3/c1-18-13-6-9(5-12(15)14(13)19-2)8-3-10(16)7-11(17)4-8;1-5(2-6,3-7)4-8/h5-6,8H,3-4,7H2,1-2H3;6-8H,2-4H2,1H3. The van der Waals surface area contributed by atoms with Crippen LogP contribution in [-0.4, -0.2) is 60.9 Å². The summed E-state index contributed by atoms with van der Waals surface area (Å²) in [6, 6.07) is 3.72. The van der Waals surface area contributed by atoms with E-state index in [-0.39, 0.29) is 43.7 Å². The molecule has 27 heavy (non-hydrogen) atoms. The van der Waals surface area contributed by atoms with Crippen molar-refractivity contribution in [2.24, 2.45) is 5.41 Å². The summed E-state index contributed by atoms with van der Waals surface area (Å²) in [7, 11) is 3.13. The van der Waals surface area contributed by atoms with Crippen molar-refractivity contribution in [1.82, 2.24) is 0 Å². The van der Waals surface area contributed by atoms with Crippen LogP contribution in [-0.2, 0) is 9.59 Å². The Labute approximate surface area is 167 Å². The first-order valence-corrected chi connectivity index (χ1v) is 9.30. The number of halogens is 1. The van der Waals surface area contributed by atoms with Gasteiger partial charge in [-0.3, -0.25) is 9.59 Å². The normalized spacial score (nSPS) is 15.2. The highest BCUT2D eigenvalue weighted by atomic mass is 79.9. The van der Waals surface area contributed by atoms with Crippen molar-refractivity contribution >= 4 is 27.5 Å². The molecule has 1 aromatic carbocycles. The van der Waals surface area contributed by atoms with Crippen LogP contribution in [0, 0.1) is 5.41 Å². The topological polar surface area (TPSA) is 113 Å². The van der Waals surface area contributed by atoms with Crippen LogP contribution in [0.15, 0.2) is 16.6 Å². The van der Waals surface area contributed by atoms with Gasteiger partial charge in [0.25, 0.3) is 0 Å². The van der Waals surface area contributed by atoms with Crippen LogP contribution in [0.1, 0.15) is 37.7 Å². The van der Waals surface area contributed by atoms with Gasteiger partial charge in [-0.05, 0) is 39.5 Å². The molecule has 1 fully saturated rings. The largest absolute Gasteiger partial charge is 0.493 e. The molecule has 8 heteroatoms. The molecule has 0 unspecified atom stereocenters. The van der Waals surface area contributed by atoms with Crippen molar-refractivity contribution in [3.05, 3.63) is 22.2 Å². The minimum absolute atomic E-state index is 0.00663. The lowest BCUT2D eigenvalue weighted by atomic mass is 9.82. The minimum Gasteiger partial charge on any atom is -0.493 e. The van der Waals surface area contributed by atoms with Gasteiger partial charge in [-0.15, -0.1) is 0 Å². The molecule has 1 saturated carbocycles. The molecule has 7 nitrogen and oxygen atoms in total. The van der Waals surface area contributed by atoms with Crippen molar-refractivity contribution < 1.29 is 34.4 Å². The molecule has 2 rings (SSSR count). The van der Waals surface area contributed by atoms with Gasteiger partial charge in [0.05, 0.1) is 44.9 Å². The van der Waals surface area contributed by atoms with Gasteiger partial charge in [0, 0.05) is 18.3 Å². The van der Waals surface area contributed by atoms with Crippen molar-refractivity contribution in [3.63, 3.8) is 0 Å². The Morgan fingerprint density at radius 3 is 1.93 bits per heavy atom. The van der Waals surface area contributed by atoms with Gasteiger partial charge in [-0.1, -0.05) is 6.92 Å². The van der Waals surface area contributed by atoms with E-state index in [1.807, 2.05) is 12.1 Å². The summed E-state index contributed by atoms with van der Waals surface area (Å²) in [5, 5.41) is 25.4. The van der Waals surface area contributed by atoms with Gasteiger partial charge in [0.2, 0.25) is 0 Å². The average molecular weight is 447 g/mol. The van der Waals surface area contributed by atoms with Crippen molar-refractivity contribution in [2.45, 2.75) is 32.1 Å². The number of aliphatic hydroxyl groups is 3. The molecule has 0 radical (unpaired) electrons. The van der Waals surface area contributed by atoms with E-state index in [2.05, 4.69) is 15.9 Å². The highest BCUT2D eigenvalue weighted by Crippen LogP contribution is 2.40. The number of rotatable bonds is 6. The Kier molecular flexibility index (Phi) is 9.38. The number of methoxy groups -OCH3 is 2. The number of carbonyl (C=O) groups is 2. The molecule has 1 aliphatic rings. The van der Waals surface area contributed by atoms with Gasteiger partial charge >= 0.3 is 0 Å². The van der Waals surface area contributed by atoms with Crippen LogP contribution in [0.25, 0.3) is 0 Å². The van der Waals surface area contributed by atoms with Crippen molar-refractivity contribution in [3.8, 4) is 11.5 Å². The molecule has 1 aliphatic carbocycles. The first-order chi connectivity index (χ1) is 12.7. The molecule has 0 aliphatic heterocycles. The minimum atomic E-state index is -0.708. The predicted octanol–water partition coefficient (Wildman–Crippen LogP) is 1.84. The van der Waals surface area contributed by atoms with Crippen LogP contribution < -0.4 is 9.47 Å². The summed E-state index contributed by atoms with van der Waals surface area (Å²) in [6.07, 6.45) is 0.895. The summed E-state index contributed by atoms with van der Waals surface area (Å²) < 4.78 is 11.3. The highest BCUT2D eigenvalue weighted by molar-refractivity contribution is 9.10. The van der Waals surface area contributed by atoms with Gasteiger partial charge in [-0.25, -0.2) is 0 Å². The molecule has 0 aromatic heterocycles. The second-order valence-electron chi connectivity index (χ2n) is 6.88. The fourth-order valence-electron chi connectivity index (χ4n) is 2.55. The van der Waals surface area contributed by atoms with Crippen LogP contribution in [0.2, 0.25) is 0 Å². The van der Waals surface area contributed by atoms with E-state index in [4.69, 9.17) is 24.8 Å². The first-order valence-electron chi connectivity index (χ1n) is 8.51. The number of ether oxygens (including phenoxy) is 2. The molecular formula is C19H27BrO7. The fraction of sp³-hybridized carbons (Fsp3) is 0.579.